The maximum Gasteiger partial charge on any atom is 0.332 e. The molecule has 0 unspecified atom stereocenters. The highest BCUT2D eigenvalue weighted by molar-refractivity contribution is 6.33. The van der Waals surface area contributed by atoms with Crippen molar-refractivity contribution in [3.63, 3.8) is 0 Å². The first-order valence-electron chi connectivity index (χ1n) is 9.62. The molecule has 2 heterocycles. The van der Waals surface area contributed by atoms with E-state index in [9.17, 15) is 9.59 Å². The molecule has 1 N–H and O–H groups in total. The summed E-state index contributed by atoms with van der Waals surface area (Å²) in [5.41, 5.74) is 5.49. The molecule has 0 aliphatic heterocycles. The lowest BCUT2D eigenvalue weighted by Crippen LogP contribution is -2.37. The lowest BCUT2D eigenvalue weighted by atomic mass is 10.1. The van der Waals surface area contributed by atoms with E-state index in [1.165, 1.54) is 11.6 Å². The number of imidazole rings is 1. The van der Waals surface area contributed by atoms with Gasteiger partial charge in [-0.3, -0.25) is 18.5 Å². The minimum absolute atomic E-state index is 0.288. The fraction of sp³-hybridized carbons (Fsp3) is 0.182. The smallest absolute Gasteiger partial charge is 0.298 e. The van der Waals surface area contributed by atoms with E-state index in [0.717, 1.165) is 21.3 Å². The minimum atomic E-state index is -0.441. The van der Waals surface area contributed by atoms with Gasteiger partial charge in [0.05, 0.1) is 12.8 Å². The lowest BCUT2D eigenvalue weighted by molar-refractivity contribution is 0.702. The average molecular weight is 437 g/mol. The van der Waals surface area contributed by atoms with Gasteiger partial charge in [0, 0.05) is 24.7 Å². The number of aryl methyl sites for hydroxylation is 2. The van der Waals surface area contributed by atoms with Gasteiger partial charge >= 0.3 is 5.69 Å². The molecule has 0 radical (unpaired) electrons. The number of halogens is 1. The Labute approximate surface area is 183 Å². The zero-order chi connectivity index (χ0) is 22.1. The van der Waals surface area contributed by atoms with E-state index in [1.54, 1.807) is 23.9 Å². The molecule has 31 heavy (non-hydrogen) atoms. The molecule has 0 atom stereocenters. The standard InChI is InChI=1S/C22H21ClN6O2/c1-14-7-6-8-15(11-14)13-29-18-19(27(2)22(31)28(3)20(18)30)25-21(29)26-24-12-16-9-4-5-10-17(16)23/h4-12H,13H2,1-3H3,(H,25,26)/b24-12+. The van der Waals surface area contributed by atoms with Gasteiger partial charge in [0.1, 0.15) is 0 Å². The van der Waals surface area contributed by atoms with E-state index in [-0.39, 0.29) is 5.65 Å². The van der Waals surface area contributed by atoms with Crippen LogP contribution in [0.15, 0.2) is 63.2 Å². The quantitative estimate of drug-likeness (QED) is 0.385. The predicted molar refractivity (Wildman–Crippen MR) is 123 cm³/mol. The van der Waals surface area contributed by atoms with E-state index in [2.05, 4.69) is 15.5 Å². The predicted octanol–water partition coefficient (Wildman–Crippen LogP) is 2.89. The Morgan fingerprint density at radius 3 is 2.61 bits per heavy atom. The van der Waals surface area contributed by atoms with E-state index < -0.39 is 11.2 Å². The van der Waals surface area contributed by atoms with Crippen molar-refractivity contribution < 1.29 is 0 Å². The van der Waals surface area contributed by atoms with Crippen LogP contribution in [-0.2, 0) is 20.6 Å². The van der Waals surface area contributed by atoms with Gasteiger partial charge in [-0.15, -0.1) is 0 Å². The summed E-state index contributed by atoms with van der Waals surface area (Å²) in [6.07, 6.45) is 1.58. The van der Waals surface area contributed by atoms with Gasteiger partial charge in [-0.25, -0.2) is 10.2 Å². The third-order valence-electron chi connectivity index (χ3n) is 5.04. The van der Waals surface area contributed by atoms with Gasteiger partial charge in [0.2, 0.25) is 5.95 Å². The SMILES string of the molecule is Cc1cccc(Cn2c(N/N=C/c3ccccc3Cl)nc3c2c(=O)n(C)c(=O)n3C)c1. The summed E-state index contributed by atoms with van der Waals surface area (Å²) in [5, 5.41) is 4.82. The molecule has 0 saturated carbocycles. The molecule has 4 rings (SSSR count). The van der Waals surface area contributed by atoms with Crippen LogP contribution in [0.3, 0.4) is 0 Å². The molecule has 2 aromatic carbocycles. The summed E-state index contributed by atoms with van der Waals surface area (Å²) >= 11 is 6.18. The van der Waals surface area contributed by atoms with Gasteiger partial charge in [0.25, 0.3) is 5.56 Å². The fourth-order valence-corrected chi connectivity index (χ4v) is 3.60. The van der Waals surface area contributed by atoms with Gasteiger partial charge in [0.15, 0.2) is 11.2 Å². The van der Waals surface area contributed by atoms with Crippen molar-refractivity contribution in [2.75, 3.05) is 5.43 Å². The number of rotatable bonds is 5. The zero-order valence-electron chi connectivity index (χ0n) is 17.3. The number of hydrogen-bond acceptors (Lipinski definition) is 5. The molecular weight excluding hydrogens is 416 g/mol. The first-order valence-corrected chi connectivity index (χ1v) is 10.00. The molecule has 0 amide bonds. The van der Waals surface area contributed by atoms with Crippen LogP contribution < -0.4 is 16.7 Å². The first kappa shape index (κ1) is 20.6. The zero-order valence-corrected chi connectivity index (χ0v) is 18.1. The molecule has 8 nitrogen and oxygen atoms in total. The van der Waals surface area contributed by atoms with Crippen LogP contribution in [0.4, 0.5) is 5.95 Å². The van der Waals surface area contributed by atoms with Crippen molar-refractivity contribution in [3.8, 4) is 0 Å². The maximum atomic E-state index is 12.9. The minimum Gasteiger partial charge on any atom is -0.298 e. The molecule has 158 valence electrons. The lowest BCUT2D eigenvalue weighted by Gasteiger charge is -2.10. The third-order valence-corrected chi connectivity index (χ3v) is 5.39. The van der Waals surface area contributed by atoms with Crippen LogP contribution in [0.25, 0.3) is 11.2 Å². The number of aromatic nitrogens is 4. The van der Waals surface area contributed by atoms with Gasteiger partial charge in [-0.2, -0.15) is 10.1 Å². The fourth-order valence-electron chi connectivity index (χ4n) is 3.42. The number of nitrogens with one attached hydrogen (secondary N) is 1. The second-order valence-electron chi connectivity index (χ2n) is 7.28. The highest BCUT2D eigenvalue weighted by atomic mass is 35.5. The summed E-state index contributed by atoms with van der Waals surface area (Å²) in [5.74, 6) is 0.345. The largest absolute Gasteiger partial charge is 0.332 e. The summed E-state index contributed by atoms with van der Waals surface area (Å²) in [6.45, 7) is 2.39. The van der Waals surface area contributed by atoms with E-state index in [4.69, 9.17) is 11.6 Å². The van der Waals surface area contributed by atoms with Crippen LogP contribution >= 0.6 is 11.6 Å². The first-order chi connectivity index (χ1) is 14.9. The summed E-state index contributed by atoms with van der Waals surface area (Å²) < 4.78 is 4.16. The number of hydrazone groups is 1. The topological polar surface area (TPSA) is 86.2 Å². The highest BCUT2D eigenvalue weighted by Gasteiger charge is 2.19. The number of nitrogens with zero attached hydrogens (tertiary/aromatic N) is 5. The number of hydrogen-bond donors (Lipinski definition) is 1. The van der Waals surface area contributed by atoms with Crippen LogP contribution in [0.1, 0.15) is 16.7 Å². The molecule has 0 saturated heterocycles. The molecule has 0 spiro atoms. The third kappa shape index (κ3) is 3.89. The van der Waals surface area contributed by atoms with E-state index in [0.29, 0.717) is 23.0 Å². The molecule has 0 aliphatic carbocycles. The molecule has 4 aromatic rings. The number of anilines is 1. The summed E-state index contributed by atoms with van der Waals surface area (Å²) in [4.78, 5) is 29.8. The van der Waals surface area contributed by atoms with E-state index >= 15 is 0 Å². The number of fused-ring (bicyclic) bond motifs is 1. The summed E-state index contributed by atoms with van der Waals surface area (Å²) in [6, 6.07) is 15.3. The Morgan fingerprint density at radius 2 is 1.87 bits per heavy atom. The summed E-state index contributed by atoms with van der Waals surface area (Å²) in [7, 11) is 3.04. The molecule has 9 heteroatoms. The van der Waals surface area contributed by atoms with E-state index in [1.807, 2.05) is 49.4 Å². The second-order valence-corrected chi connectivity index (χ2v) is 7.69. The van der Waals surface area contributed by atoms with Gasteiger partial charge < -0.3 is 0 Å². The van der Waals surface area contributed by atoms with Crippen molar-refractivity contribution in [1.29, 1.82) is 0 Å². The van der Waals surface area contributed by atoms with Crippen molar-refractivity contribution in [2.45, 2.75) is 13.5 Å². The Balaban J connectivity index is 1.84. The Morgan fingerprint density at radius 1 is 1.10 bits per heavy atom. The van der Waals surface area contributed by atoms with Crippen LogP contribution in [-0.4, -0.2) is 24.9 Å². The Bertz CT molecular complexity index is 1430. The van der Waals surface area contributed by atoms with Crippen LogP contribution in [0.5, 0.6) is 0 Å². The second kappa shape index (κ2) is 8.23. The molecule has 0 fully saturated rings. The van der Waals surface area contributed by atoms with Crippen molar-refractivity contribution in [3.05, 3.63) is 91.1 Å². The number of benzene rings is 2. The van der Waals surface area contributed by atoms with Gasteiger partial charge in [-0.05, 0) is 18.6 Å². The van der Waals surface area contributed by atoms with Gasteiger partial charge in [-0.1, -0.05) is 59.6 Å². The molecule has 2 aromatic heterocycles. The monoisotopic (exact) mass is 436 g/mol. The van der Waals surface area contributed by atoms with Crippen LogP contribution in [0, 0.1) is 6.92 Å². The molecule has 0 bridgehead atoms. The highest BCUT2D eigenvalue weighted by Crippen LogP contribution is 2.19. The average Bonchev–Trinajstić information content (AvgIpc) is 3.10. The Hall–Kier alpha value is -3.65. The van der Waals surface area contributed by atoms with Crippen molar-refractivity contribution in [1.82, 2.24) is 18.7 Å². The van der Waals surface area contributed by atoms with Crippen molar-refractivity contribution in [2.24, 2.45) is 19.2 Å². The maximum absolute atomic E-state index is 12.9. The molecular formula is C22H21ClN6O2. The Kier molecular flexibility index (Phi) is 5.48. The van der Waals surface area contributed by atoms with Crippen LogP contribution in [0.2, 0.25) is 5.02 Å². The normalized spacial score (nSPS) is 11.5. The molecule has 0 aliphatic rings. The van der Waals surface area contributed by atoms with Crippen molar-refractivity contribution >= 4 is 34.9 Å².